The number of ether oxygens (including phenoxy) is 1. The van der Waals surface area contributed by atoms with Crippen LogP contribution in [0.25, 0.3) is 0 Å². The zero-order chi connectivity index (χ0) is 14.2. The van der Waals surface area contributed by atoms with Gasteiger partial charge in [0.1, 0.15) is 5.60 Å². The number of hydrogen-bond acceptors (Lipinski definition) is 5. The van der Waals surface area contributed by atoms with Crippen LogP contribution in [0.2, 0.25) is 0 Å². The number of aromatic nitrogens is 2. The first-order chi connectivity index (χ1) is 9.68. The molecule has 5 heteroatoms. The highest BCUT2D eigenvalue weighted by Gasteiger charge is 2.46. The Morgan fingerprint density at radius 2 is 2.40 bits per heavy atom. The van der Waals surface area contributed by atoms with Crippen molar-refractivity contribution in [1.29, 1.82) is 5.26 Å². The van der Waals surface area contributed by atoms with Crippen molar-refractivity contribution in [2.24, 2.45) is 11.8 Å². The Hall–Kier alpha value is -1.41. The van der Waals surface area contributed by atoms with Gasteiger partial charge < -0.3 is 9.26 Å². The molecule has 20 heavy (non-hydrogen) atoms. The van der Waals surface area contributed by atoms with Gasteiger partial charge in [-0.2, -0.15) is 10.2 Å². The first-order valence-corrected chi connectivity index (χ1v) is 7.56. The third kappa shape index (κ3) is 2.33. The lowest BCUT2D eigenvalue weighted by Crippen LogP contribution is -2.36. The second-order valence-electron chi connectivity index (χ2n) is 6.16. The van der Waals surface area contributed by atoms with Crippen molar-refractivity contribution in [3.8, 4) is 6.07 Å². The molecule has 0 bridgehead atoms. The third-order valence-corrected chi connectivity index (χ3v) is 4.50. The van der Waals surface area contributed by atoms with E-state index in [0.29, 0.717) is 24.2 Å². The van der Waals surface area contributed by atoms with Gasteiger partial charge in [0.05, 0.1) is 17.9 Å². The van der Waals surface area contributed by atoms with Crippen LogP contribution in [0, 0.1) is 23.2 Å². The molecule has 2 aliphatic carbocycles. The highest BCUT2D eigenvalue weighted by atomic mass is 16.5. The zero-order valence-corrected chi connectivity index (χ0v) is 12.1. The van der Waals surface area contributed by atoms with E-state index < -0.39 is 0 Å². The maximum absolute atomic E-state index is 8.90. The summed E-state index contributed by atoms with van der Waals surface area (Å²) in [5.41, 5.74) is -0.384. The van der Waals surface area contributed by atoms with Crippen LogP contribution < -0.4 is 0 Å². The van der Waals surface area contributed by atoms with Crippen molar-refractivity contribution in [3.63, 3.8) is 0 Å². The average Bonchev–Trinajstić information content (AvgIpc) is 3.05. The molecular weight excluding hydrogens is 254 g/mol. The van der Waals surface area contributed by atoms with Crippen LogP contribution in [0.5, 0.6) is 0 Å². The molecule has 2 fully saturated rings. The standard InChI is InChI=1S/C15H21N3O2/c1-3-19-15(6-4-5-10(2)8-15)14-17-13(20-18-14)12-7-11(12)9-16/h10-12H,3-8H2,1-2H3. The summed E-state index contributed by atoms with van der Waals surface area (Å²) < 4.78 is 11.4. The van der Waals surface area contributed by atoms with Gasteiger partial charge in [-0.3, -0.25) is 0 Å². The van der Waals surface area contributed by atoms with E-state index in [1.54, 1.807) is 0 Å². The maximum atomic E-state index is 8.90. The molecule has 1 aromatic rings. The molecule has 0 radical (unpaired) electrons. The van der Waals surface area contributed by atoms with Crippen molar-refractivity contribution >= 4 is 0 Å². The number of hydrogen-bond donors (Lipinski definition) is 0. The largest absolute Gasteiger partial charge is 0.367 e. The van der Waals surface area contributed by atoms with E-state index in [4.69, 9.17) is 14.5 Å². The van der Waals surface area contributed by atoms with E-state index in [0.717, 1.165) is 25.7 Å². The van der Waals surface area contributed by atoms with Gasteiger partial charge in [-0.05, 0) is 38.5 Å². The van der Waals surface area contributed by atoms with Crippen LogP contribution in [-0.2, 0) is 10.3 Å². The SMILES string of the molecule is CCOC1(c2noc(C3CC3C#N)n2)CCCC(C)C1. The van der Waals surface area contributed by atoms with Crippen molar-refractivity contribution in [1.82, 2.24) is 10.1 Å². The Morgan fingerprint density at radius 3 is 3.05 bits per heavy atom. The van der Waals surface area contributed by atoms with Gasteiger partial charge in [-0.25, -0.2) is 0 Å². The van der Waals surface area contributed by atoms with Crippen LogP contribution in [0.4, 0.5) is 0 Å². The van der Waals surface area contributed by atoms with E-state index in [9.17, 15) is 0 Å². The molecule has 0 amide bonds. The molecule has 0 saturated heterocycles. The predicted octanol–water partition coefficient (Wildman–Crippen LogP) is 3.14. The molecule has 108 valence electrons. The minimum absolute atomic E-state index is 0.0524. The van der Waals surface area contributed by atoms with Gasteiger partial charge in [0.15, 0.2) is 0 Å². The normalized spacial score (nSPS) is 36.5. The first kappa shape index (κ1) is 13.6. The Morgan fingerprint density at radius 1 is 1.55 bits per heavy atom. The van der Waals surface area contributed by atoms with E-state index in [1.807, 2.05) is 6.92 Å². The second kappa shape index (κ2) is 5.17. The monoisotopic (exact) mass is 275 g/mol. The minimum Gasteiger partial charge on any atom is -0.367 e. The van der Waals surface area contributed by atoms with Crippen molar-refractivity contribution in [2.45, 2.75) is 57.5 Å². The summed E-state index contributed by atoms with van der Waals surface area (Å²) in [6.45, 7) is 4.91. The number of nitriles is 1. The Kier molecular flexibility index (Phi) is 3.51. The van der Waals surface area contributed by atoms with Crippen molar-refractivity contribution in [2.75, 3.05) is 6.61 Å². The summed E-state index contributed by atoms with van der Waals surface area (Å²) in [4.78, 5) is 4.57. The predicted molar refractivity (Wildman–Crippen MR) is 71.7 cm³/mol. The third-order valence-electron chi connectivity index (χ3n) is 4.50. The summed E-state index contributed by atoms with van der Waals surface area (Å²) in [5, 5.41) is 13.1. The molecule has 0 aliphatic heterocycles. The molecule has 4 unspecified atom stereocenters. The van der Waals surface area contributed by atoms with Crippen LogP contribution in [0.15, 0.2) is 4.52 Å². The van der Waals surface area contributed by atoms with E-state index in [1.165, 1.54) is 6.42 Å². The molecular formula is C15H21N3O2. The quantitative estimate of drug-likeness (QED) is 0.844. The van der Waals surface area contributed by atoms with Gasteiger partial charge in [0.25, 0.3) is 0 Å². The van der Waals surface area contributed by atoms with Crippen LogP contribution in [0.3, 0.4) is 0 Å². The number of nitrogens with zero attached hydrogens (tertiary/aromatic N) is 3. The van der Waals surface area contributed by atoms with E-state index in [-0.39, 0.29) is 17.4 Å². The maximum Gasteiger partial charge on any atom is 0.231 e. The molecule has 0 aromatic carbocycles. The van der Waals surface area contributed by atoms with Crippen molar-refractivity contribution < 1.29 is 9.26 Å². The summed E-state index contributed by atoms with van der Waals surface area (Å²) in [6, 6.07) is 2.26. The first-order valence-electron chi connectivity index (χ1n) is 7.56. The highest BCUT2D eigenvalue weighted by Crippen LogP contribution is 2.47. The van der Waals surface area contributed by atoms with Crippen molar-refractivity contribution in [3.05, 3.63) is 11.7 Å². The average molecular weight is 275 g/mol. The molecule has 0 spiro atoms. The number of rotatable bonds is 4. The molecule has 2 aliphatic rings. The Bertz CT molecular complexity index is 517. The van der Waals surface area contributed by atoms with Gasteiger partial charge in [0.2, 0.25) is 11.7 Å². The molecule has 1 aromatic heterocycles. The topological polar surface area (TPSA) is 71.9 Å². The summed E-state index contributed by atoms with van der Waals surface area (Å²) in [5.74, 6) is 2.11. The Labute approximate surface area is 119 Å². The summed E-state index contributed by atoms with van der Waals surface area (Å²) in [7, 11) is 0. The molecule has 0 N–H and O–H groups in total. The molecule has 4 atom stereocenters. The van der Waals surface area contributed by atoms with E-state index in [2.05, 4.69) is 23.1 Å². The van der Waals surface area contributed by atoms with Gasteiger partial charge in [0, 0.05) is 6.61 Å². The van der Waals surface area contributed by atoms with Crippen LogP contribution in [0.1, 0.15) is 63.6 Å². The van der Waals surface area contributed by atoms with Crippen LogP contribution in [-0.4, -0.2) is 16.7 Å². The lowest BCUT2D eigenvalue weighted by molar-refractivity contribution is -0.0891. The van der Waals surface area contributed by atoms with Gasteiger partial charge in [-0.15, -0.1) is 0 Å². The fraction of sp³-hybridized carbons (Fsp3) is 0.800. The van der Waals surface area contributed by atoms with E-state index >= 15 is 0 Å². The fourth-order valence-corrected chi connectivity index (χ4v) is 3.36. The summed E-state index contributed by atoms with van der Waals surface area (Å²) in [6.07, 6.45) is 5.12. The Balaban J connectivity index is 1.83. The molecule has 3 rings (SSSR count). The molecule has 1 heterocycles. The molecule has 5 nitrogen and oxygen atoms in total. The lowest BCUT2D eigenvalue weighted by atomic mass is 9.78. The highest BCUT2D eigenvalue weighted by molar-refractivity contribution is 5.16. The fourth-order valence-electron chi connectivity index (χ4n) is 3.36. The lowest BCUT2D eigenvalue weighted by Gasteiger charge is -2.37. The smallest absolute Gasteiger partial charge is 0.231 e. The second-order valence-corrected chi connectivity index (χ2v) is 6.16. The van der Waals surface area contributed by atoms with Gasteiger partial charge >= 0.3 is 0 Å². The minimum atomic E-state index is -0.384. The summed E-state index contributed by atoms with van der Waals surface area (Å²) >= 11 is 0. The van der Waals surface area contributed by atoms with Crippen LogP contribution >= 0.6 is 0 Å². The molecule has 2 saturated carbocycles. The zero-order valence-electron chi connectivity index (χ0n) is 12.1. The van der Waals surface area contributed by atoms with Gasteiger partial charge in [-0.1, -0.05) is 18.5 Å².